The Morgan fingerprint density at radius 3 is 2.25 bits per heavy atom. The number of hydrogen-bond acceptors (Lipinski definition) is 4. The highest BCUT2D eigenvalue weighted by Crippen LogP contribution is 2.29. The molecule has 132 valence electrons. The second-order valence-electron chi connectivity index (χ2n) is 4.76. The molecule has 3 N–H and O–H groups in total. The first-order valence-corrected chi connectivity index (χ1v) is 8.42. The molecule has 1 aromatic carbocycles. The van der Waals surface area contributed by atoms with Gasteiger partial charge in [-0.2, -0.15) is 0 Å². The van der Waals surface area contributed by atoms with Crippen molar-refractivity contribution in [2.45, 2.75) is 29.7 Å². The maximum Gasteiger partial charge on any atom is 0.228 e. The number of hydrogen-bond donors (Lipinski definition) is 3. The smallest absolute Gasteiger partial charge is 0.228 e. The maximum atomic E-state index is 11.7. The lowest BCUT2D eigenvalue weighted by Gasteiger charge is -2.27. The number of amides is 1. The van der Waals surface area contributed by atoms with Gasteiger partial charge in [0.15, 0.2) is 5.11 Å². The number of alkyl halides is 3. The molecule has 0 spiro atoms. The number of carbonyl (C=O) groups is 2. The number of carboxylic acids is 1. The van der Waals surface area contributed by atoms with Gasteiger partial charge in [-0.3, -0.25) is 4.79 Å². The Kier molecular flexibility index (Phi) is 8.02. The summed E-state index contributed by atoms with van der Waals surface area (Å²) in [5, 5.41) is 18.8. The van der Waals surface area contributed by atoms with Gasteiger partial charge >= 0.3 is 0 Å². The van der Waals surface area contributed by atoms with Gasteiger partial charge in [0.05, 0.1) is 5.97 Å². The van der Waals surface area contributed by atoms with E-state index in [-0.39, 0.29) is 23.0 Å². The van der Waals surface area contributed by atoms with Crippen LogP contribution in [0.15, 0.2) is 24.3 Å². The van der Waals surface area contributed by atoms with Crippen LogP contribution in [0.2, 0.25) is 0 Å². The molecule has 10 heteroatoms. The Labute approximate surface area is 159 Å². The van der Waals surface area contributed by atoms with Crippen molar-refractivity contribution in [1.29, 1.82) is 0 Å². The summed E-state index contributed by atoms with van der Waals surface area (Å²) in [6.07, 6.45) is -0.112. The van der Waals surface area contributed by atoms with Crippen LogP contribution in [0.5, 0.6) is 0 Å². The highest BCUT2D eigenvalue weighted by atomic mass is 35.6. The van der Waals surface area contributed by atoms with Gasteiger partial charge in [-0.15, -0.1) is 0 Å². The van der Waals surface area contributed by atoms with Crippen LogP contribution >= 0.6 is 47.0 Å². The molecular formula is C14H15Cl3N3O3S-. The van der Waals surface area contributed by atoms with E-state index in [1.54, 1.807) is 0 Å². The Bertz CT molecular complexity index is 606. The summed E-state index contributed by atoms with van der Waals surface area (Å²) < 4.78 is -1.83. The zero-order chi connectivity index (χ0) is 18.3. The molecule has 0 radical (unpaired) electrons. The Hall–Kier alpha value is -1.28. The van der Waals surface area contributed by atoms with E-state index in [2.05, 4.69) is 16.0 Å². The molecule has 0 aromatic heterocycles. The number of aromatic carboxylic acids is 1. The predicted molar refractivity (Wildman–Crippen MR) is 97.3 cm³/mol. The number of thiocarbonyl (C=S) groups is 1. The number of carboxylic acid groups (broad SMARTS) is 1. The number of carbonyl (C=O) groups excluding carboxylic acids is 2. The molecule has 1 atom stereocenters. The summed E-state index contributed by atoms with van der Waals surface area (Å²) >= 11 is 22.6. The minimum absolute atomic E-state index is 0.0328. The molecule has 0 fully saturated rings. The third-order valence-corrected chi connectivity index (χ3v) is 3.64. The molecular weight excluding hydrogens is 397 g/mol. The molecule has 6 nitrogen and oxygen atoms in total. The van der Waals surface area contributed by atoms with Crippen LogP contribution < -0.4 is 21.1 Å². The largest absolute Gasteiger partial charge is 0.545 e. The SMILES string of the molecule is CCCC(=O)N[C@@H](NC(=S)Nc1ccc(C(=O)[O-])cc1)C(Cl)(Cl)Cl. The van der Waals surface area contributed by atoms with E-state index in [1.807, 2.05) is 6.92 Å². The lowest BCUT2D eigenvalue weighted by Crippen LogP contribution is -2.56. The fourth-order valence-electron chi connectivity index (χ4n) is 1.65. The summed E-state index contributed by atoms with van der Waals surface area (Å²) in [7, 11) is 0. The molecule has 1 rings (SSSR count). The fourth-order valence-corrected chi connectivity index (χ4v) is 2.21. The Morgan fingerprint density at radius 2 is 1.79 bits per heavy atom. The van der Waals surface area contributed by atoms with Crippen LogP contribution in [0, 0.1) is 0 Å². The third kappa shape index (κ3) is 7.09. The lowest BCUT2D eigenvalue weighted by atomic mass is 10.2. The van der Waals surface area contributed by atoms with Gasteiger partial charge in [-0.05, 0) is 36.3 Å². The normalized spacial score (nSPS) is 12.2. The summed E-state index contributed by atoms with van der Waals surface area (Å²) in [4.78, 5) is 22.4. The van der Waals surface area contributed by atoms with Crippen molar-refractivity contribution in [3.8, 4) is 0 Å². The van der Waals surface area contributed by atoms with Gasteiger partial charge in [0.2, 0.25) is 9.70 Å². The van der Waals surface area contributed by atoms with Crippen LogP contribution in [0.4, 0.5) is 5.69 Å². The van der Waals surface area contributed by atoms with Crippen molar-refractivity contribution >= 4 is 69.7 Å². The second-order valence-corrected chi connectivity index (χ2v) is 7.53. The average Bonchev–Trinajstić information content (AvgIpc) is 2.46. The number of anilines is 1. The molecule has 1 aromatic rings. The number of rotatable bonds is 6. The number of nitrogens with one attached hydrogen (secondary N) is 3. The van der Waals surface area contributed by atoms with Crippen LogP contribution in [0.1, 0.15) is 30.1 Å². The number of halogens is 3. The van der Waals surface area contributed by atoms with Crippen LogP contribution in [0.25, 0.3) is 0 Å². The molecule has 1 amide bonds. The first-order chi connectivity index (χ1) is 11.1. The quantitative estimate of drug-likeness (QED) is 0.376. The predicted octanol–water partition coefficient (Wildman–Crippen LogP) is 1.95. The third-order valence-electron chi connectivity index (χ3n) is 2.76. The summed E-state index contributed by atoms with van der Waals surface area (Å²) in [6.45, 7) is 1.85. The van der Waals surface area contributed by atoms with Crippen molar-refractivity contribution < 1.29 is 14.7 Å². The monoisotopic (exact) mass is 410 g/mol. The van der Waals surface area contributed by atoms with Crippen molar-refractivity contribution in [3.63, 3.8) is 0 Å². The average molecular weight is 412 g/mol. The van der Waals surface area contributed by atoms with Crippen molar-refractivity contribution in [3.05, 3.63) is 29.8 Å². The van der Waals surface area contributed by atoms with Gasteiger partial charge in [-0.25, -0.2) is 0 Å². The summed E-state index contributed by atoms with van der Waals surface area (Å²) in [6, 6.07) is 5.71. The first kappa shape index (κ1) is 20.8. The van der Waals surface area contributed by atoms with E-state index in [1.165, 1.54) is 24.3 Å². The molecule has 0 unspecified atom stereocenters. The van der Waals surface area contributed by atoms with Crippen LogP contribution in [-0.4, -0.2) is 26.9 Å². The highest BCUT2D eigenvalue weighted by molar-refractivity contribution is 7.80. The van der Waals surface area contributed by atoms with E-state index in [9.17, 15) is 14.7 Å². The van der Waals surface area contributed by atoms with Crippen molar-refractivity contribution in [2.24, 2.45) is 0 Å². The maximum absolute atomic E-state index is 11.7. The van der Waals surface area contributed by atoms with E-state index in [4.69, 9.17) is 47.0 Å². The molecule has 0 saturated heterocycles. The molecule has 0 aliphatic rings. The van der Waals surface area contributed by atoms with Gasteiger partial charge in [0.1, 0.15) is 6.17 Å². The number of benzene rings is 1. The zero-order valence-electron chi connectivity index (χ0n) is 12.6. The fraction of sp³-hybridized carbons (Fsp3) is 0.357. The van der Waals surface area contributed by atoms with Crippen LogP contribution in [-0.2, 0) is 4.79 Å². The van der Waals surface area contributed by atoms with E-state index in [0.29, 0.717) is 12.1 Å². The minimum Gasteiger partial charge on any atom is -0.545 e. The van der Waals surface area contributed by atoms with Crippen molar-refractivity contribution in [2.75, 3.05) is 5.32 Å². The van der Waals surface area contributed by atoms with Gasteiger partial charge in [0, 0.05) is 12.1 Å². The Morgan fingerprint density at radius 1 is 1.21 bits per heavy atom. The summed E-state index contributed by atoms with van der Waals surface area (Å²) in [5.41, 5.74) is 0.547. The topological polar surface area (TPSA) is 93.3 Å². The highest BCUT2D eigenvalue weighted by Gasteiger charge is 2.34. The molecule has 0 aliphatic heterocycles. The molecule has 0 saturated carbocycles. The zero-order valence-corrected chi connectivity index (χ0v) is 15.7. The van der Waals surface area contributed by atoms with Gasteiger partial charge in [-0.1, -0.05) is 53.9 Å². The first-order valence-electron chi connectivity index (χ1n) is 6.88. The standard InChI is InChI=1S/C14H16Cl3N3O3S/c1-2-3-10(21)19-12(14(15,16)17)20-13(24)18-9-6-4-8(5-7-9)11(22)23/h4-7,12H,2-3H2,1H3,(H,19,21)(H,22,23)(H2,18,20,24)/p-1/t12-/m0/s1. The van der Waals surface area contributed by atoms with E-state index < -0.39 is 15.9 Å². The molecule has 0 aliphatic carbocycles. The molecule has 0 heterocycles. The minimum atomic E-state index is -1.83. The van der Waals surface area contributed by atoms with Gasteiger partial charge < -0.3 is 25.9 Å². The van der Waals surface area contributed by atoms with Gasteiger partial charge in [0.25, 0.3) is 0 Å². The second kappa shape index (κ2) is 9.27. The van der Waals surface area contributed by atoms with Crippen LogP contribution in [0.3, 0.4) is 0 Å². The van der Waals surface area contributed by atoms with E-state index in [0.717, 1.165) is 0 Å². The van der Waals surface area contributed by atoms with E-state index >= 15 is 0 Å². The molecule has 24 heavy (non-hydrogen) atoms. The lowest BCUT2D eigenvalue weighted by molar-refractivity contribution is -0.255. The Balaban J connectivity index is 2.70. The molecule has 0 bridgehead atoms. The summed E-state index contributed by atoms with van der Waals surface area (Å²) in [5.74, 6) is -1.57. The van der Waals surface area contributed by atoms with Crippen molar-refractivity contribution in [1.82, 2.24) is 10.6 Å².